The molecule has 0 atom stereocenters. The van der Waals surface area contributed by atoms with Gasteiger partial charge in [-0.15, -0.1) is 0 Å². The van der Waals surface area contributed by atoms with E-state index in [4.69, 9.17) is 15.2 Å². The lowest BCUT2D eigenvalue weighted by molar-refractivity contribution is -0.144. The van der Waals surface area contributed by atoms with Crippen LogP contribution in [0.1, 0.15) is 19.8 Å². The van der Waals surface area contributed by atoms with Crippen LogP contribution in [0.2, 0.25) is 0 Å². The monoisotopic (exact) mass is 346 g/mol. The van der Waals surface area contributed by atoms with Crippen molar-refractivity contribution >= 4 is 33.7 Å². The maximum atomic E-state index is 14.2. The molecule has 7 nitrogen and oxygen atoms in total. The summed E-state index contributed by atoms with van der Waals surface area (Å²) in [6, 6.07) is 2.83. The minimum Gasteiger partial charge on any atom is -0.494 e. The zero-order valence-corrected chi connectivity index (χ0v) is 14.1. The number of benzene rings is 1. The van der Waals surface area contributed by atoms with Crippen LogP contribution in [0.4, 0.5) is 10.2 Å². The molecule has 3 rings (SSSR count). The predicted octanol–water partition coefficient (Wildman–Crippen LogP) is 2.66. The predicted molar refractivity (Wildman–Crippen MR) is 91.8 cm³/mol. The van der Waals surface area contributed by atoms with Gasteiger partial charge in [-0.05, 0) is 12.5 Å². The van der Waals surface area contributed by atoms with E-state index in [1.54, 1.807) is 4.57 Å². The van der Waals surface area contributed by atoms with Crippen molar-refractivity contribution in [1.29, 1.82) is 0 Å². The zero-order chi connectivity index (χ0) is 18.0. The van der Waals surface area contributed by atoms with E-state index in [-0.39, 0.29) is 18.1 Å². The molecule has 0 fully saturated rings. The summed E-state index contributed by atoms with van der Waals surface area (Å²) in [6.07, 6.45) is 3.03. The molecule has 1 aromatic carbocycles. The van der Waals surface area contributed by atoms with E-state index >= 15 is 0 Å². The summed E-state index contributed by atoms with van der Waals surface area (Å²) in [5.74, 6) is -0.618. The maximum absolute atomic E-state index is 14.2. The Balaban J connectivity index is 2.14. The molecule has 132 valence electrons. The largest absolute Gasteiger partial charge is 0.494 e. The van der Waals surface area contributed by atoms with E-state index in [2.05, 4.69) is 9.97 Å². The van der Waals surface area contributed by atoms with Crippen molar-refractivity contribution in [2.24, 2.45) is 0 Å². The third kappa shape index (κ3) is 3.07. The lowest BCUT2D eigenvalue weighted by Gasteiger charge is -2.08. The molecule has 0 radical (unpaired) electrons. The van der Waals surface area contributed by atoms with Gasteiger partial charge in [0.2, 0.25) is 0 Å². The molecule has 0 saturated heterocycles. The molecule has 0 spiro atoms. The Morgan fingerprint density at radius 1 is 1.36 bits per heavy atom. The summed E-state index contributed by atoms with van der Waals surface area (Å²) in [5.41, 5.74) is 6.91. The number of halogens is 1. The summed E-state index contributed by atoms with van der Waals surface area (Å²) in [7, 11) is 1.38. The minimum absolute atomic E-state index is 0.0836. The first-order chi connectivity index (χ1) is 12.1. The van der Waals surface area contributed by atoms with Crippen LogP contribution < -0.4 is 10.5 Å². The third-order valence-electron chi connectivity index (χ3n) is 3.99. The number of hydrogen-bond donors (Lipinski definition) is 1. The van der Waals surface area contributed by atoms with Crippen LogP contribution in [-0.2, 0) is 16.1 Å². The summed E-state index contributed by atoms with van der Waals surface area (Å²) in [5, 5.41) is 1.17. The number of nitrogens with two attached hydrogens (primary N) is 1. The molecular weight excluding hydrogens is 327 g/mol. The number of hydrogen-bond acceptors (Lipinski definition) is 6. The number of anilines is 1. The fourth-order valence-corrected chi connectivity index (χ4v) is 2.75. The van der Waals surface area contributed by atoms with Gasteiger partial charge in [-0.3, -0.25) is 4.79 Å². The van der Waals surface area contributed by atoms with Gasteiger partial charge in [0, 0.05) is 11.5 Å². The number of esters is 1. The normalized spacial score (nSPS) is 11.2. The molecular formula is C17H19FN4O3. The molecule has 2 aromatic heterocycles. The van der Waals surface area contributed by atoms with E-state index in [1.807, 2.05) is 6.92 Å². The molecule has 25 heavy (non-hydrogen) atoms. The van der Waals surface area contributed by atoms with Gasteiger partial charge in [0.1, 0.15) is 24.3 Å². The second kappa shape index (κ2) is 6.92. The molecule has 0 aliphatic rings. The van der Waals surface area contributed by atoms with Gasteiger partial charge in [-0.2, -0.15) is 0 Å². The standard InChI is InChI=1S/C17H19FN4O3/c1-3-4-5-25-14(23)8-22-12-7-11(18)13(24-2)6-10(12)15-16(19)20-9-21-17(15)22/h6-7,9H,3-5,8H2,1-2H3,(H2,19,20,21). The molecule has 0 saturated carbocycles. The van der Waals surface area contributed by atoms with Gasteiger partial charge in [0.15, 0.2) is 11.6 Å². The first kappa shape index (κ1) is 16.9. The van der Waals surface area contributed by atoms with E-state index in [9.17, 15) is 9.18 Å². The third-order valence-corrected chi connectivity index (χ3v) is 3.99. The number of aromatic nitrogens is 3. The minimum atomic E-state index is -0.537. The first-order valence-corrected chi connectivity index (χ1v) is 7.98. The molecule has 0 unspecified atom stereocenters. The molecule has 3 aromatic rings. The Bertz CT molecular complexity index is 939. The van der Waals surface area contributed by atoms with E-state index in [0.717, 1.165) is 12.8 Å². The van der Waals surface area contributed by atoms with Crippen LogP contribution in [0.25, 0.3) is 21.9 Å². The number of unbranched alkanes of at least 4 members (excludes halogenated alkanes) is 1. The molecule has 8 heteroatoms. The van der Waals surface area contributed by atoms with Crippen LogP contribution in [0.5, 0.6) is 5.75 Å². The van der Waals surface area contributed by atoms with Gasteiger partial charge < -0.3 is 19.8 Å². The average Bonchev–Trinajstić information content (AvgIpc) is 2.88. The maximum Gasteiger partial charge on any atom is 0.326 e. The smallest absolute Gasteiger partial charge is 0.326 e. The fourth-order valence-electron chi connectivity index (χ4n) is 2.75. The zero-order valence-electron chi connectivity index (χ0n) is 14.1. The number of nitrogens with zero attached hydrogens (tertiary/aromatic N) is 3. The Kier molecular flexibility index (Phi) is 4.69. The second-order valence-electron chi connectivity index (χ2n) is 5.62. The fraction of sp³-hybridized carbons (Fsp3) is 0.353. The van der Waals surface area contributed by atoms with Gasteiger partial charge in [-0.25, -0.2) is 14.4 Å². The lowest BCUT2D eigenvalue weighted by atomic mass is 10.2. The molecule has 0 aliphatic heterocycles. The topological polar surface area (TPSA) is 92.3 Å². The summed E-state index contributed by atoms with van der Waals surface area (Å²) >= 11 is 0. The van der Waals surface area contributed by atoms with Gasteiger partial charge in [0.05, 0.1) is 24.6 Å². The molecule has 2 N–H and O–H groups in total. The van der Waals surface area contributed by atoms with Crippen molar-refractivity contribution in [3.05, 3.63) is 24.3 Å². The number of methoxy groups -OCH3 is 1. The van der Waals surface area contributed by atoms with Crippen LogP contribution in [0, 0.1) is 5.82 Å². The molecule has 0 amide bonds. The second-order valence-corrected chi connectivity index (χ2v) is 5.62. The lowest BCUT2D eigenvalue weighted by Crippen LogP contribution is -2.14. The van der Waals surface area contributed by atoms with E-state index < -0.39 is 11.8 Å². The first-order valence-electron chi connectivity index (χ1n) is 7.98. The highest BCUT2D eigenvalue weighted by molar-refractivity contribution is 6.12. The summed E-state index contributed by atoms with van der Waals surface area (Å²) < 4.78 is 26.0. The quantitative estimate of drug-likeness (QED) is 0.545. The van der Waals surface area contributed by atoms with Crippen molar-refractivity contribution in [3.63, 3.8) is 0 Å². The number of rotatable bonds is 6. The van der Waals surface area contributed by atoms with Gasteiger partial charge in [0.25, 0.3) is 0 Å². The van der Waals surface area contributed by atoms with Crippen molar-refractivity contribution in [3.8, 4) is 5.75 Å². The van der Waals surface area contributed by atoms with Crippen LogP contribution >= 0.6 is 0 Å². The highest BCUT2D eigenvalue weighted by atomic mass is 19.1. The van der Waals surface area contributed by atoms with Crippen LogP contribution in [0.3, 0.4) is 0 Å². The Morgan fingerprint density at radius 2 is 2.16 bits per heavy atom. The average molecular weight is 346 g/mol. The van der Waals surface area contributed by atoms with Crippen LogP contribution in [-0.4, -0.2) is 34.2 Å². The van der Waals surface area contributed by atoms with Gasteiger partial charge in [-0.1, -0.05) is 13.3 Å². The van der Waals surface area contributed by atoms with Crippen LogP contribution in [0.15, 0.2) is 18.5 Å². The molecule has 2 heterocycles. The molecule has 0 aliphatic carbocycles. The highest BCUT2D eigenvalue weighted by Gasteiger charge is 2.20. The van der Waals surface area contributed by atoms with Gasteiger partial charge >= 0.3 is 5.97 Å². The number of carbonyl (C=O) groups is 1. The number of carbonyl (C=O) groups excluding carboxylic acids is 1. The summed E-state index contributed by atoms with van der Waals surface area (Å²) in [4.78, 5) is 20.3. The Hall–Kier alpha value is -2.90. The highest BCUT2D eigenvalue weighted by Crippen LogP contribution is 2.34. The Labute approximate surface area is 143 Å². The van der Waals surface area contributed by atoms with E-state index in [0.29, 0.717) is 28.5 Å². The van der Waals surface area contributed by atoms with Crippen molar-refractivity contribution < 1.29 is 18.7 Å². The van der Waals surface area contributed by atoms with Crippen molar-refractivity contribution in [2.75, 3.05) is 19.5 Å². The SMILES string of the molecule is CCCCOC(=O)Cn1c2cc(F)c(OC)cc2c2c(N)ncnc21. The molecule has 0 bridgehead atoms. The van der Waals surface area contributed by atoms with E-state index in [1.165, 1.54) is 25.6 Å². The van der Waals surface area contributed by atoms with Crippen molar-refractivity contribution in [1.82, 2.24) is 14.5 Å². The summed E-state index contributed by atoms with van der Waals surface area (Å²) in [6.45, 7) is 2.27. The number of nitrogen functional groups attached to an aromatic ring is 1. The number of ether oxygens (including phenoxy) is 2. The van der Waals surface area contributed by atoms with Crippen molar-refractivity contribution in [2.45, 2.75) is 26.3 Å². The Morgan fingerprint density at radius 3 is 2.88 bits per heavy atom. The number of fused-ring (bicyclic) bond motifs is 3.